The third-order valence-electron chi connectivity index (χ3n) is 3.55. The predicted octanol–water partition coefficient (Wildman–Crippen LogP) is 3.82. The van der Waals surface area contributed by atoms with Crippen molar-refractivity contribution in [1.29, 1.82) is 0 Å². The van der Waals surface area contributed by atoms with E-state index in [0.29, 0.717) is 40.4 Å². The van der Waals surface area contributed by atoms with Crippen molar-refractivity contribution in [1.82, 2.24) is 0 Å². The molecule has 0 aliphatic heterocycles. The number of phenols is 1. The average molecular weight is 321 g/mol. The highest BCUT2D eigenvalue weighted by Gasteiger charge is 2.32. The molecule has 0 amide bonds. The van der Waals surface area contributed by atoms with Crippen molar-refractivity contribution in [3.63, 3.8) is 0 Å². The van der Waals surface area contributed by atoms with E-state index in [9.17, 15) is 9.90 Å². The number of methoxy groups -OCH3 is 1. The molecule has 1 aliphatic carbocycles. The summed E-state index contributed by atoms with van der Waals surface area (Å²) in [6.45, 7) is 2.60. The summed E-state index contributed by atoms with van der Waals surface area (Å²) in [7, 11) is 1.54. The summed E-state index contributed by atoms with van der Waals surface area (Å²) in [5, 5.41) is 10.1. The topological polar surface area (TPSA) is 55.8 Å². The minimum Gasteiger partial charge on any atom is -0.507 e. The second kappa shape index (κ2) is 6.28. The molecule has 0 unspecified atom stereocenters. The second-order valence-corrected chi connectivity index (χ2v) is 4.93. The first-order valence-corrected chi connectivity index (χ1v) is 6.89. The molecule has 0 spiro atoms. The molecule has 0 saturated carbocycles. The zero-order valence-electron chi connectivity index (χ0n) is 12.4. The zero-order valence-corrected chi connectivity index (χ0v) is 13.2. The minimum absolute atomic E-state index is 0. The second-order valence-electron chi connectivity index (χ2n) is 4.93. The van der Waals surface area contributed by atoms with Crippen molar-refractivity contribution in [3.05, 3.63) is 41.5 Å². The van der Waals surface area contributed by atoms with Crippen LogP contribution in [-0.2, 0) is 0 Å². The van der Waals surface area contributed by atoms with Gasteiger partial charge in [-0.15, -0.1) is 12.4 Å². The van der Waals surface area contributed by atoms with Crippen LogP contribution in [0.4, 0.5) is 0 Å². The van der Waals surface area contributed by atoms with Crippen LogP contribution in [0.15, 0.2) is 30.3 Å². The highest BCUT2D eigenvalue weighted by Crippen LogP contribution is 2.48. The van der Waals surface area contributed by atoms with Crippen molar-refractivity contribution in [2.75, 3.05) is 13.7 Å². The van der Waals surface area contributed by atoms with Crippen LogP contribution in [0, 0.1) is 0 Å². The Morgan fingerprint density at radius 3 is 2.59 bits per heavy atom. The normalized spacial score (nSPS) is 11.5. The smallest absolute Gasteiger partial charge is 0.194 e. The van der Waals surface area contributed by atoms with Gasteiger partial charge in [-0.1, -0.05) is 19.1 Å². The van der Waals surface area contributed by atoms with Gasteiger partial charge in [0.2, 0.25) is 0 Å². The van der Waals surface area contributed by atoms with Gasteiger partial charge in [0.15, 0.2) is 5.78 Å². The number of hydrogen-bond acceptors (Lipinski definition) is 4. The number of hydrogen-bond donors (Lipinski definition) is 1. The summed E-state index contributed by atoms with van der Waals surface area (Å²) in [4.78, 5) is 12.5. The van der Waals surface area contributed by atoms with Crippen molar-refractivity contribution < 1.29 is 19.4 Å². The van der Waals surface area contributed by atoms with E-state index in [-0.39, 0.29) is 23.9 Å². The van der Waals surface area contributed by atoms with Gasteiger partial charge in [0.1, 0.15) is 17.2 Å². The van der Waals surface area contributed by atoms with Crippen LogP contribution in [0.3, 0.4) is 0 Å². The largest absolute Gasteiger partial charge is 0.507 e. The molecule has 116 valence electrons. The monoisotopic (exact) mass is 320 g/mol. The summed E-state index contributed by atoms with van der Waals surface area (Å²) in [5.41, 5.74) is 2.18. The fraction of sp³-hybridized carbons (Fsp3) is 0.235. The fourth-order valence-electron chi connectivity index (χ4n) is 2.63. The lowest BCUT2D eigenvalue weighted by Crippen LogP contribution is -2.00. The molecular formula is C17H17ClO4. The van der Waals surface area contributed by atoms with Gasteiger partial charge in [0.05, 0.1) is 13.7 Å². The van der Waals surface area contributed by atoms with E-state index in [1.54, 1.807) is 37.4 Å². The first kappa shape index (κ1) is 16.2. The predicted molar refractivity (Wildman–Crippen MR) is 86.6 cm³/mol. The first-order chi connectivity index (χ1) is 10.2. The van der Waals surface area contributed by atoms with E-state index < -0.39 is 0 Å². The van der Waals surface area contributed by atoms with Gasteiger partial charge in [-0.2, -0.15) is 0 Å². The molecular weight excluding hydrogens is 304 g/mol. The number of carbonyl (C=O) groups excluding carboxylic acids is 1. The minimum atomic E-state index is -0.115. The number of carbonyl (C=O) groups is 1. The molecule has 0 radical (unpaired) electrons. The average Bonchev–Trinajstić information content (AvgIpc) is 2.79. The Balaban J connectivity index is 0.00000176. The Labute approximate surface area is 135 Å². The summed E-state index contributed by atoms with van der Waals surface area (Å²) >= 11 is 0. The lowest BCUT2D eigenvalue weighted by atomic mass is 10.0. The van der Waals surface area contributed by atoms with Crippen LogP contribution in [-0.4, -0.2) is 24.6 Å². The Bertz CT molecular complexity index is 725. The van der Waals surface area contributed by atoms with E-state index in [0.717, 1.165) is 6.42 Å². The number of benzene rings is 2. The van der Waals surface area contributed by atoms with Crippen LogP contribution in [0.1, 0.15) is 29.3 Å². The molecule has 0 atom stereocenters. The standard InChI is InChI=1S/C17H16O4.ClH/c1-3-7-21-10-8-12-16(14(9-10)20-2)15-11(17(12)19)5-4-6-13(15)18;/h4-6,8-9,18H,3,7H2,1-2H3;1H. The summed E-state index contributed by atoms with van der Waals surface area (Å²) in [6, 6.07) is 8.42. The molecule has 0 heterocycles. The van der Waals surface area contributed by atoms with Crippen molar-refractivity contribution >= 4 is 18.2 Å². The number of phenolic OH excluding ortho intramolecular Hbond substituents is 1. The van der Waals surface area contributed by atoms with Gasteiger partial charge in [-0.25, -0.2) is 0 Å². The maximum absolute atomic E-state index is 12.5. The Morgan fingerprint density at radius 2 is 1.91 bits per heavy atom. The zero-order chi connectivity index (χ0) is 15.0. The maximum atomic E-state index is 12.5. The van der Waals surface area contributed by atoms with Gasteiger partial charge < -0.3 is 14.6 Å². The fourth-order valence-corrected chi connectivity index (χ4v) is 2.63. The van der Waals surface area contributed by atoms with Gasteiger partial charge >= 0.3 is 0 Å². The van der Waals surface area contributed by atoms with Crippen molar-refractivity contribution in [2.45, 2.75) is 13.3 Å². The third kappa shape index (κ3) is 2.40. The molecule has 4 nitrogen and oxygen atoms in total. The molecule has 22 heavy (non-hydrogen) atoms. The third-order valence-corrected chi connectivity index (χ3v) is 3.55. The van der Waals surface area contributed by atoms with Crippen LogP contribution in [0.2, 0.25) is 0 Å². The van der Waals surface area contributed by atoms with Crippen LogP contribution in [0.25, 0.3) is 11.1 Å². The summed E-state index contributed by atoms with van der Waals surface area (Å²) in [6.07, 6.45) is 0.883. The van der Waals surface area contributed by atoms with Crippen LogP contribution >= 0.6 is 12.4 Å². The highest BCUT2D eigenvalue weighted by atomic mass is 35.5. The van der Waals surface area contributed by atoms with Gasteiger partial charge in [-0.05, 0) is 18.6 Å². The molecule has 2 aromatic carbocycles. The van der Waals surface area contributed by atoms with Crippen molar-refractivity contribution in [2.24, 2.45) is 0 Å². The number of ether oxygens (including phenoxy) is 2. The Kier molecular flexibility index (Phi) is 4.62. The van der Waals surface area contributed by atoms with Crippen LogP contribution in [0.5, 0.6) is 17.2 Å². The van der Waals surface area contributed by atoms with E-state index in [1.807, 2.05) is 6.92 Å². The number of aromatic hydroxyl groups is 1. The summed E-state index contributed by atoms with van der Waals surface area (Å²) in [5.74, 6) is 1.11. The lowest BCUT2D eigenvalue weighted by molar-refractivity contribution is 0.104. The maximum Gasteiger partial charge on any atom is 0.194 e. The van der Waals surface area contributed by atoms with Crippen molar-refractivity contribution in [3.8, 4) is 28.4 Å². The molecule has 3 rings (SSSR count). The van der Waals surface area contributed by atoms with Crippen LogP contribution < -0.4 is 9.47 Å². The number of rotatable bonds is 4. The first-order valence-electron chi connectivity index (χ1n) is 6.89. The highest BCUT2D eigenvalue weighted by molar-refractivity contribution is 6.23. The van der Waals surface area contributed by atoms with Gasteiger partial charge in [0, 0.05) is 28.3 Å². The van der Waals surface area contributed by atoms with Gasteiger partial charge in [0.25, 0.3) is 0 Å². The number of ketones is 1. The molecule has 1 aliphatic rings. The SMILES string of the molecule is CCCOc1cc(OC)c2c(c1)C(=O)c1cccc(O)c1-2.Cl. The number of fused-ring (bicyclic) bond motifs is 3. The molecule has 0 saturated heterocycles. The summed E-state index contributed by atoms with van der Waals surface area (Å²) < 4.78 is 11.0. The molecule has 0 bridgehead atoms. The quantitative estimate of drug-likeness (QED) is 0.794. The van der Waals surface area contributed by atoms with E-state index in [4.69, 9.17) is 9.47 Å². The Hall–Kier alpha value is -2.20. The van der Waals surface area contributed by atoms with Gasteiger partial charge in [-0.3, -0.25) is 4.79 Å². The lowest BCUT2D eigenvalue weighted by Gasteiger charge is -2.12. The molecule has 2 aromatic rings. The van der Waals surface area contributed by atoms with E-state index in [2.05, 4.69) is 0 Å². The molecule has 0 fully saturated rings. The molecule has 0 aromatic heterocycles. The number of halogens is 1. The molecule has 1 N–H and O–H groups in total. The molecule has 5 heteroatoms. The van der Waals surface area contributed by atoms with E-state index in [1.165, 1.54) is 0 Å². The Morgan fingerprint density at radius 1 is 1.14 bits per heavy atom. The van der Waals surface area contributed by atoms with E-state index >= 15 is 0 Å².